The summed E-state index contributed by atoms with van der Waals surface area (Å²) < 4.78 is 0. The molecule has 3 nitrogen and oxygen atoms in total. The van der Waals surface area contributed by atoms with Crippen LogP contribution in [-0.4, -0.2) is 10.7 Å². The highest BCUT2D eigenvalue weighted by Crippen LogP contribution is 2.22. The maximum Gasteiger partial charge on any atom is 0.269 e. The van der Waals surface area contributed by atoms with Gasteiger partial charge in [0.25, 0.3) is 5.69 Å². The number of hydrogen-bond donors (Lipinski definition) is 0. The fourth-order valence-electron chi connectivity index (χ4n) is 1.03. The molecule has 0 N–H and O–H groups in total. The zero-order valence-electron chi connectivity index (χ0n) is 8.18. The summed E-state index contributed by atoms with van der Waals surface area (Å²) in [4.78, 5) is 11.0. The Morgan fingerprint density at radius 3 is 2.60 bits per heavy atom. The SMILES string of the molecule is C#CCCCSc1ccc([N+](=O)[O-])cc1. The summed E-state index contributed by atoms with van der Waals surface area (Å²) in [7, 11) is 0. The van der Waals surface area contributed by atoms with Gasteiger partial charge in [0.15, 0.2) is 0 Å². The Bertz CT molecular complexity index is 367. The Kier molecular flexibility index (Phi) is 4.72. The van der Waals surface area contributed by atoms with Crippen LogP contribution < -0.4 is 0 Å². The quantitative estimate of drug-likeness (QED) is 0.252. The molecule has 0 aromatic heterocycles. The van der Waals surface area contributed by atoms with Gasteiger partial charge in [0.2, 0.25) is 0 Å². The van der Waals surface area contributed by atoms with Crippen molar-refractivity contribution in [3.8, 4) is 12.3 Å². The summed E-state index contributed by atoms with van der Waals surface area (Å²) in [5, 5.41) is 10.4. The van der Waals surface area contributed by atoms with Gasteiger partial charge in [-0.15, -0.1) is 24.1 Å². The fraction of sp³-hybridized carbons (Fsp3) is 0.273. The molecular formula is C11H11NO2S. The first-order chi connectivity index (χ1) is 7.24. The molecule has 0 radical (unpaired) electrons. The lowest BCUT2D eigenvalue weighted by Gasteiger charge is -1.99. The second-order valence-electron chi connectivity index (χ2n) is 2.91. The van der Waals surface area contributed by atoms with Gasteiger partial charge in [0, 0.05) is 23.4 Å². The minimum Gasteiger partial charge on any atom is -0.258 e. The lowest BCUT2D eigenvalue weighted by molar-refractivity contribution is -0.384. The number of non-ortho nitro benzene ring substituents is 1. The molecule has 0 saturated heterocycles. The van der Waals surface area contributed by atoms with Crippen molar-refractivity contribution in [3.63, 3.8) is 0 Å². The summed E-state index contributed by atoms with van der Waals surface area (Å²) in [5.41, 5.74) is 0.128. The van der Waals surface area contributed by atoms with Gasteiger partial charge in [0.05, 0.1) is 4.92 Å². The third-order valence-corrected chi connectivity index (χ3v) is 2.88. The van der Waals surface area contributed by atoms with E-state index < -0.39 is 4.92 Å². The Balaban J connectivity index is 2.43. The highest BCUT2D eigenvalue weighted by molar-refractivity contribution is 7.99. The predicted molar refractivity (Wildman–Crippen MR) is 61.9 cm³/mol. The standard InChI is InChI=1S/C11H11NO2S/c1-2-3-4-9-15-11-7-5-10(6-8-11)12(13)14/h1,5-8H,3-4,9H2. The third kappa shape index (κ3) is 4.05. The third-order valence-electron chi connectivity index (χ3n) is 1.78. The van der Waals surface area contributed by atoms with Gasteiger partial charge in [0.1, 0.15) is 0 Å². The van der Waals surface area contributed by atoms with Gasteiger partial charge in [-0.05, 0) is 24.3 Å². The van der Waals surface area contributed by atoms with Gasteiger partial charge >= 0.3 is 0 Å². The zero-order valence-corrected chi connectivity index (χ0v) is 9.00. The lowest BCUT2D eigenvalue weighted by atomic mass is 10.3. The highest BCUT2D eigenvalue weighted by atomic mass is 32.2. The molecule has 15 heavy (non-hydrogen) atoms. The molecule has 0 saturated carbocycles. The number of nitrogens with zero attached hydrogens (tertiary/aromatic N) is 1. The predicted octanol–water partition coefficient (Wildman–Crippen LogP) is 3.10. The summed E-state index contributed by atoms with van der Waals surface area (Å²) in [5.74, 6) is 3.52. The first-order valence-corrected chi connectivity index (χ1v) is 5.53. The second kappa shape index (κ2) is 6.10. The van der Waals surface area contributed by atoms with E-state index in [2.05, 4.69) is 5.92 Å². The Hall–Kier alpha value is -1.47. The van der Waals surface area contributed by atoms with Crippen molar-refractivity contribution in [2.24, 2.45) is 0 Å². The molecule has 0 bridgehead atoms. The number of terminal acetylenes is 1. The van der Waals surface area contributed by atoms with E-state index in [1.54, 1.807) is 23.9 Å². The lowest BCUT2D eigenvalue weighted by Crippen LogP contribution is -1.86. The molecule has 0 aliphatic heterocycles. The molecule has 0 amide bonds. The molecule has 0 fully saturated rings. The summed E-state index contributed by atoms with van der Waals surface area (Å²) >= 11 is 1.66. The van der Waals surface area contributed by atoms with Crippen LogP contribution in [0.25, 0.3) is 0 Å². The Morgan fingerprint density at radius 1 is 1.40 bits per heavy atom. The molecule has 0 aliphatic carbocycles. The van der Waals surface area contributed by atoms with Crippen LogP contribution in [0.1, 0.15) is 12.8 Å². The average Bonchev–Trinajstić information content (AvgIpc) is 2.25. The molecule has 1 aromatic carbocycles. The van der Waals surface area contributed by atoms with Crippen LogP contribution in [0.4, 0.5) is 5.69 Å². The van der Waals surface area contributed by atoms with Crippen molar-refractivity contribution in [2.45, 2.75) is 17.7 Å². The summed E-state index contributed by atoms with van der Waals surface area (Å²) in [6.07, 6.45) is 6.88. The van der Waals surface area contributed by atoms with Gasteiger partial charge in [-0.2, -0.15) is 0 Å². The Morgan fingerprint density at radius 2 is 2.07 bits per heavy atom. The van der Waals surface area contributed by atoms with Gasteiger partial charge in [-0.1, -0.05) is 0 Å². The van der Waals surface area contributed by atoms with Crippen LogP contribution in [0, 0.1) is 22.5 Å². The summed E-state index contributed by atoms with van der Waals surface area (Å²) in [6, 6.07) is 6.56. The van der Waals surface area contributed by atoms with Gasteiger partial charge in [-0.25, -0.2) is 0 Å². The number of unbranched alkanes of at least 4 members (excludes halogenated alkanes) is 1. The molecular weight excluding hydrogens is 210 g/mol. The van der Waals surface area contributed by atoms with E-state index >= 15 is 0 Å². The first kappa shape index (κ1) is 11.6. The minimum atomic E-state index is -0.396. The average molecular weight is 221 g/mol. The van der Waals surface area contributed by atoms with Crippen LogP contribution in [0.3, 0.4) is 0 Å². The molecule has 1 aromatic rings. The van der Waals surface area contributed by atoms with Crippen LogP contribution in [0.5, 0.6) is 0 Å². The van der Waals surface area contributed by atoms with Crippen molar-refractivity contribution in [1.29, 1.82) is 0 Å². The van der Waals surface area contributed by atoms with E-state index in [9.17, 15) is 10.1 Å². The number of nitro benzene ring substituents is 1. The normalized spacial score (nSPS) is 9.53. The number of hydrogen-bond acceptors (Lipinski definition) is 3. The van der Waals surface area contributed by atoms with E-state index in [1.165, 1.54) is 12.1 Å². The molecule has 1 rings (SSSR count). The Labute approximate surface area is 93.0 Å². The molecule has 0 atom stereocenters. The molecule has 0 aliphatic rings. The van der Waals surface area contributed by atoms with E-state index in [0.717, 1.165) is 23.5 Å². The fourth-order valence-corrected chi connectivity index (χ4v) is 1.88. The maximum absolute atomic E-state index is 10.4. The zero-order chi connectivity index (χ0) is 11.1. The van der Waals surface area contributed by atoms with Gasteiger partial charge < -0.3 is 0 Å². The van der Waals surface area contributed by atoms with E-state index in [1.807, 2.05) is 0 Å². The van der Waals surface area contributed by atoms with Crippen molar-refractivity contribution >= 4 is 17.4 Å². The number of benzene rings is 1. The maximum atomic E-state index is 10.4. The largest absolute Gasteiger partial charge is 0.269 e. The topological polar surface area (TPSA) is 43.1 Å². The van der Waals surface area contributed by atoms with Crippen molar-refractivity contribution < 1.29 is 4.92 Å². The van der Waals surface area contributed by atoms with Crippen LogP contribution >= 0.6 is 11.8 Å². The second-order valence-corrected chi connectivity index (χ2v) is 4.08. The molecule has 0 spiro atoms. The number of thioether (sulfide) groups is 1. The van der Waals surface area contributed by atoms with Gasteiger partial charge in [-0.3, -0.25) is 10.1 Å². The van der Waals surface area contributed by atoms with E-state index in [-0.39, 0.29) is 5.69 Å². The van der Waals surface area contributed by atoms with E-state index in [0.29, 0.717) is 0 Å². The first-order valence-electron chi connectivity index (χ1n) is 4.55. The van der Waals surface area contributed by atoms with Crippen molar-refractivity contribution in [1.82, 2.24) is 0 Å². The molecule has 4 heteroatoms. The molecule has 0 unspecified atom stereocenters. The van der Waals surface area contributed by atoms with E-state index in [4.69, 9.17) is 6.42 Å². The summed E-state index contributed by atoms with van der Waals surface area (Å²) in [6.45, 7) is 0. The van der Waals surface area contributed by atoms with Crippen LogP contribution in [-0.2, 0) is 0 Å². The highest BCUT2D eigenvalue weighted by Gasteiger charge is 2.03. The minimum absolute atomic E-state index is 0.128. The molecule has 0 heterocycles. The van der Waals surface area contributed by atoms with Crippen LogP contribution in [0.15, 0.2) is 29.2 Å². The molecule has 78 valence electrons. The monoisotopic (exact) mass is 221 g/mol. The van der Waals surface area contributed by atoms with Crippen LogP contribution in [0.2, 0.25) is 0 Å². The smallest absolute Gasteiger partial charge is 0.258 e. The number of rotatable bonds is 5. The van der Waals surface area contributed by atoms with Crippen molar-refractivity contribution in [3.05, 3.63) is 34.4 Å². The number of nitro groups is 1. The van der Waals surface area contributed by atoms with Crippen molar-refractivity contribution in [2.75, 3.05) is 5.75 Å².